The molecule has 0 aliphatic heterocycles. The van der Waals surface area contributed by atoms with Crippen molar-refractivity contribution < 1.29 is 22.7 Å². The maximum Gasteiger partial charge on any atom is 0.422 e. The number of carbonyl (C=O) groups is 1. The number of hydrogen-bond acceptors (Lipinski definition) is 3. The van der Waals surface area contributed by atoms with Gasteiger partial charge in [0.1, 0.15) is 5.75 Å². The van der Waals surface area contributed by atoms with Crippen LogP contribution in [0.4, 0.5) is 18.9 Å². The molecule has 7 heteroatoms. The Morgan fingerprint density at radius 2 is 1.67 bits per heavy atom. The molecule has 0 bridgehead atoms. The number of rotatable bonds is 7. The molecule has 0 heterocycles. The first kappa shape index (κ1) is 17.7. The number of benzene rings is 2. The summed E-state index contributed by atoms with van der Waals surface area (Å²) in [6.07, 6.45) is -4.42. The van der Waals surface area contributed by atoms with Crippen molar-refractivity contribution in [3.05, 3.63) is 60.2 Å². The molecule has 0 saturated heterocycles. The van der Waals surface area contributed by atoms with Crippen LogP contribution in [0.3, 0.4) is 0 Å². The predicted molar refractivity (Wildman–Crippen MR) is 84.8 cm³/mol. The average molecular weight is 338 g/mol. The van der Waals surface area contributed by atoms with Crippen LogP contribution in [-0.2, 0) is 11.3 Å². The molecule has 0 fully saturated rings. The standard InChI is InChI=1S/C17H17F3N2O2/c18-17(19,20)12-24-15-9-5-4-8-14(15)21-11-16(23)22-10-13-6-2-1-3-7-13/h1-9,21H,10-12H2,(H,22,23). The molecule has 0 aliphatic carbocycles. The van der Waals surface area contributed by atoms with E-state index in [1.54, 1.807) is 18.2 Å². The monoisotopic (exact) mass is 338 g/mol. The number of nitrogens with one attached hydrogen (secondary N) is 2. The Morgan fingerprint density at radius 3 is 2.38 bits per heavy atom. The van der Waals surface area contributed by atoms with Crippen molar-refractivity contribution in [1.29, 1.82) is 0 Å². The Kier molecular flexibility index (Phi) is 6.06. The van der Waals surface area contributed by atoms with E-state index >= 15 is 0 Å². The van der Waals surface area contributed by atoms with Crippen LogP contribution in [0.2, 0.25) is 0 Å². The van der Waals surface area contributed by atoms with Crippen LogP contribution in [-0.4, -0.2) is 25.2 Å². The summed E-state index contributed by atoms with van der Waals surface area (Å²) in [6.45, 7) is -1.07. The number of hydrogen-bond donors (Lipinski definition) is 2. The summed E-state index contributed by atoms with van der Waals surface area (Å²) in [5, 5.41) is 5.50. The molecule has 2 aromatic rings. The normalized spacial score (nSPS) is 11.0. The maximum absolute atomic E-state index is 12.2. The third-order valence-electron chi connectivity index (χ3n) is 3.05. The zero-order valence-electron chi connectivity index (χ0n) is 12.8. The van der Waals surface area contributed by atoms with Crippen LogP contribution in [0.15, 0.2) is 54.6 Å². The Bertz CT molecular complexity index is 660. The molecule has 128 valence electrons. The average Bonchev–Trinajstić information content (AvgIpc) is 2.57. The Balaban J connectivity index is 1.84. The van der Waals surface area contributed by atoms with E-state index in [1.807, 2.05) is 30.3 Å². The van der Waals surface area contributed by atoms with Crippen molar-refractivity contribution in [1.82, 2.24) is 5.32 Å². The molecule has 0 radical (unpaired) electrons. The fraction of sp³-hybridized carbons (Fsp3) is 0.235. The highest BCUT2D eigenvalue weighted by Crippen LogP contribution is 2.26. The van der Waals surface area contributed by atoms with Gasteiger partial charge in [0, 0.05) is 6.54 Å². The van der Waals surface area contributed by atoms with Gasteiger partial charge in [-0.3, -0.25) is 4.79 Å². The predicted octanol–water partition coefficient (Wildman–Crippen LogP) is 3.36. The smallest absolute Gasteiger partial charge is 0.422 e. The quantitative estimate of drug-likeness (QED) is 0.814. The summed E-state index contributed by atoms with van der Waals surface area (Å²) in [6, 6.07) is 15.6. The number of alkyl halides is 3. The Morgan fingerprint density at radius 1 is 1.00 bits per heavy atom. The minimum Gasteiger partial charge on any atom is -0.482 e. The molecule has 4 nitrogen and oxygen atoms in total. The molecule has 2 N–H and O–H groups in total. The van der Waals surface area contributed by atoms with Crippen LogP contribution < -0.4 is 15.4 Å². The highest BCUT2D eigenvalue weighted by molar-refractivity contribution is 5.81. The van der Waals surface area contributed by atoms with E-state index < -0.39 is 12.8 Å². The van der Waals surface area contributed by atoms with Crippen LogP contribution in [0, 0.1) is 0 Å². The zero-order chi connectivity index (χ0) is 17.4. The highest BCUT2D eigenvalue weighted by Gasteiger charge is 2.28. The molecular weight excluding hydrogens is 321 g/mol. The van der Waals surface area contributed by atoms with E-state index in [-0.39, 0.29) is 18.2 Å². The molecule has 0 aromatic heterocycles. The van der Waals surface area contributed by atoms with Gasteiger partial charge in [-0.1, -0.05) is 42.5 Å². The number of carbonyl (C=O) groups excluding carboxylic acids is 1. The van der Waals surface area contributed by atoms with Gasteiger partial charge in [0.05, 0.1) is 12.2 Å². The lowest BCUT2D eigenvalue weighted by atomic mass is 10.2. The summed E-state index contributed by atoms with van der Waals surface area (Å²) in [5.74, 6) is -0.227. The molecule has 0 spiro atoms. The lowest BCUT2D eigenvalue weighted by Gasteiger charge is -2.14. The number of amides is 1. The van der Waals surface area contributed by atoms with E-state index in [9.17, 15) is 18.0 Å². The van der Waals surface area contributed by atoms with Crippen LogP contribution in [0.1, 0.15) is 5.56 Å². The van der Waals surface area contributed by atoms with Gasteiger partial charge in [-0.05, 0) is 17.7 Å². The van der Waals surface area contributed by atoms with Crippen molar-refractivity contribution in [2.45, 2.75) is 12.7 Å². The van der Waals surface area contributed by atoms with Crippen LogP contribution in [0.5, 0.6) is 5.75 Å². The molecule has 0 atom stereocenters. The number of anilines is 1. The van der Waals surface area contributed by atoms with Gasteiger partial charge >= 0.3 is 6.18 Å². The van der Waals surface area contributed by atoms with Gasteiger partial charge < -0.3 is 15.4 Å². The first-order valence-corrected chi connectivity index (χ1v) is 7.27. The number of para-hydroxylation sites is 2. The first-order chi connectivity index (χ1) is 11.4. The molecule has 0 unspecified atom stereocenters. The topological polar surface area (TPSA) is 50.4 Å². The lowest BCUT2D eigenvalue weighted by molar-refractivity contribution is -0.153. The second-order valence-corrected chi connectivity index (χ2v) is 5.02. The van der Waals surface area contributed by atoms with Crippen molar-refractivity contribution >= 4 is 11.6 Å². The molecule has 2 rings (SSSR count). The second-order valence-electron chi connectivity index (χ2n) is 5.02. The van der Waals surface area contributed by atoms with E-state index in [0.29, 0.717) is 12.2 Å². The molecule has 1 amide bonds. The summed E-state index contributed by atoms with van der Waals surface area (Å²) >= 11 is 0. The van der Waals surface area contributed by atoms with E-state index in [1.165, 1.54) is 6.07 Å². The largest absolute Gasteiger partial charge is 0.482 e. The van der Waals surface area contributed by atoms with Gasteiger partial charge in [-0.15, -0.1) is 0 Å². The fourth-order valence-corrected chi connectivity index (χ4v) is 1.93. The second kappa shape index (κ2) is 8.24. The zero-order valence-corrected chi connectivity index (χ0v) is 12.8. The van der Waals surface area contributed by atoms with Crippen molar-refractivity contribution in [2.75, 3.05) is 18.5 Å². The third kappa shape index (κ3) is 6.20. The SMILES string of the molecule is O=C(CNc1ccccc1OCC(F)(F)F)NCc1ccccc1. The fourth-order valence-electron chi connectivity index (χ4n) is 1.93. The maximum atomic E-state index is 12.2. The minimum absolute atomic E-state index is 0.0469. The number of halogens is 3. The minimum atomic E-state index is -4.42. The summed E-state index contributed by atoms with van der Waals surface area (Å²) < 4.78 is 41.5. The van der Waals surface area contributed by atoms with Gasteiger partial charge in [0.2, 0.25) is 5.91 Å². The van der Waals surface area contributed by atoms with Gasteiger partial charge in [-0.25, -0.2) is 0 Å². The Labute approximate surface area is 137 Å². The van der Waals surface area contributed by atoms with Gasteiger partial charge in [0.15, 0.2) is 6.61 Å². The molecular formula is C17H17F3N2O2. The third-order valence-corrected chi connectivity index (χ3v) is 3.05. The first-order valence-electron chi connectivity index (χ1n) is 7.27. The molecule has 0 aliphatic rings. The highest BCUT2D eigenvalue weighted by atomic mass is 19.4. The molecule has 2 aromatic carbocycles. The van der Waals surface area contributed by atoms with Crippen LogP contribution in [0.25, 0.3) is 0 Å². The summed E-state index contributed by atoms with van der Waals surface area (Å²) in [7, 11) is 0. The lowest BCUT2D eigenvalue weighted by Crippen LogP contribution is -2.29. The molecule has 24 heavy (non-hydrogen) atoms. The number of ether oxygens (including phenoxy) is 1. The van der Waals surface area contributed by atoms with Gasteiger partial charge in [0.25, 0.3) is 0 Å². The summed E-state index contributed by atoms with van der Waals surface area (Å²) in [5.41, 5.74) is 1.29. The Hall–Kier alpha value is -2.70. The van der Waals surface area contributed by atoms with Crippen molar-refractivity contribution in [3.63, 3.8) is 0 Å². The van der Waals surface area contributed by atoms with Crippen molar-refractivity contribution in [2.24, 2.45) is 0 Å². The van der Waals surface area contributed by atoms with E-state index in [0.717, 1.165) is 5.56 Å². The van der Waals surface area contributed by atoms with Crippen molar-refractivity contribution in [3.8, 4) is 5.75 Å². The van der Waals surface area contributed by atoms with Gasteiger partial charge in [-0.2, -0.15) is 13.2 Å². The van der Waals surface area contributed by atoms with E-state index in [2.05, 4.69) is 10.6 Å². The van der Waals surface area contributed by atoms with E-state index in [4.69, 9.17) is 4.74 Å². The molecule has 0 saturated carbocycles. The van der Waals surface area contributed by atoms with Crippen LogP contribution >= 0.6 is 0 Å². The summed E-state index contributed by atoms with van der Waals surface area (Å²) in [4.78, 5) is 11.8.